The molecule has 2 aromatic heterocycles. The van der Waals surface area contributed by atoms with Gasteiger partial charge in [0.2, 0.25) is 11.8 Å². The third-order valence-electron chi connectivity index (χ3n) is 12.7. The fraction of sp³-hybridized carbons (Fsp3) is 0.354. The van der Waals surface area contributed by atoms with Gasteiger partial charge >= 0.3 is 11.8 Å². The molecule has 1 atom stereocenters. The maximum absolute atomic E-state index is 15.9. The molecule has 1 unspecified atom stereocenters. The number of hydrogen-bond acceptors (Lipinski definition) is 10. The first-order chi connectivity index (χ1) is 30.2. The molecule has 324 valence electrons. The van der Waals surface area contributed by atoms with Crippen LogP contribution in [0.25, 0.3) is 33.3 Å². The Morgan fingerprint density at radius 3 is 2.38 bits per heavy atom. The molecule has 0 radical (unpaired) electrons. The number of benzene rings is 4. The van der Waals surface area contributed by atoms with Gasteiger partial charge in [0.1, 0.15) is 11.9 Å². The van der Waals surface area contributed by atoms with Gasteiger partial charge in [0, 0.05) is 77.4 Å². The molecule has 0 bridgehead atoms. The van der Waals surface area contributed by atoms with Gasteiger partial charge in [-0.15, -0.1) is 0 Å². The molecule has 4 amide bonds. The van der Waals surface area contributed by atoms with Crippen LogP contribution in [0, 0.1) is 12.7 Å². The number of aromatic nitrogens is 4. The number of H-pyrrole nitrogens is 1. The average molecular weight is 852 g/mol. The molecule has 6 aromatic rings. The Morgan fingerprint density at radius 2 is 1.67 bits per heavy atom. The summed E-state index contributed by atoms with van der Waals surface area (Å²) in [6.07, 6.45) is 2.22. The monoisotopic (exact) mass is 851 g/mol. The zero-order valence-corrected chi connectivity index (χ0v) is 36.0. The minimum Gasteiger partial charge on any atom is -0.371 e. The fourth-order valence-electron chi connectivity index (χ4n) is 8.93. The Hall–Kier alpha value is -6.74. The molecule has 0 saturated carbocycles. The standard InChI is InChI=1S/C48H50FN9O5/c1-27-22-30(6-7-31(27)24-50-44(61)45-52-47(55-63-45)48(2,3)4)42-36-23-29(11-15-38(36)53-54-42)28-8-12-34(13-9-28)57-20-18-33(19-21-57)56(5)25-32-10-14-35-37(41(32)49)26-58(46(35)62)39-16-17-40(59)51-43(39)60/h6-15,22-23,33,39H,16-21,24-26H2,1-5H3,(H,50,61)(H,53,54)(H,51,59,60). The van der Waals surface area contributed by atoms with Crippen LogP contribution < -0.4 is 15.5 Å². The van der Waals surface area contributed by atoms with E-state index in [9.17, 15) is 19.2 Å². The van der Waals surface area contributed by atoms with Crippen LogP contribution in [0.2, 0.25) is 0 Å². The van der Waals surface area contributed by atoms with E-state index < -0.39 is 23.7 Å². The van der Waals surface area contributed by atoms with E-state index in [0.29, 0.717) is 30.0 Å². The molecule has 3 aliphatic heterocycles. The summed E-state index contributed by atoms with van der Waals surface area (Å²) in [5.41, 5.74) is 8.86. The van der Waals surface area contributed by atoms with Crippen molar-refractivity contribution in [1.82, 2.24) is 40.8 Å². The van der Waals surface area contributed by atoms with Crippen molar-refractivity contribution >= 4 is 40.2 Å². The number of nitrogens with zero attached hydrogens (tertiary/aromatic N) is 6. The van der Waals surface area contributed by atoms with Gasteiger partial charge in [0.25, 0.3) is 5.91 Å². The number of anilines is 1. The molecule has 2 fully saturated rings. The Balaban J connectivity index is 0.805. The molecule has 2 saturated heterocycles. The smallest absolute Gasteiger partial charge is 0.315 e. The largest absolute Gasteiger partial charge is 0.371 e. The maximum Gasteiger partial charge on any atom is 0.315 e. The number of rotatable bonds is 10. The molecular weight excluding hydrogens is 802 g/mol. The molecule has 15 heteroatoms. The number of nitrogens with one attached hydrogen (secondary N) is 3. The summed E-state index contributed by atoms with van der Waals surface area (Å²) >= 11 is 0. The highest BCUT2D eigenvalue weighted by Gasteiger charge is 2.40. The van der Waals surface area contributed by atoms with Crippen LogP contribution in [-0.4, -0.2) is 86.0 Å². The van der Waals surface area contributed by atoms with Crippen molar-refractivity contribution in [3.63, 3.8) is 0 Å². The number of fused-ring (bicyclic) bond motifs is 2. The lowest BCUT2D eigenvalue weighted by Crippen LogP contribution is -2.52. The number of halogens is 1. The highest BCUT2D eigenvalue weighted by Crippen LogP contribution is 2.34. The molecule has 14 nitrogen and oxygen atoms in total. The molecule has 0 spiro atoms. The normalized spacial score (nSPS) is 17.2. The van der Waals surface area contributed by atoms with Crippen molar-refractivity contribution in [2.45, 2.75) is 90.5 Å². The zero-order chi connectivity index (χ0) is 44.2. The van der Waals surface area contributed by atoms with Gasteiger partial charge in [-0.1, -0.05) is 62.3 Å². The van der Waals surface area contributed by atoms with Crippen molar-refractivity contribution in [2.24, 2.45) is 0 Å². The van der Waals surface area contributed by atoms with E-state index in [1.807, 2.05) is 46.9 Å². The summed E-state index contributed by atoms with van der Waals surface area (Å²) in [7, 11) is 2.02. The first-order valence-corrected chi connectivity index (χ1v) is 21.4. The van der Waals surface area contributed by atoms with E-state index in [2.05, 4.69) is 89.3 Å². The van der Waals surface area contributed by atoms with Gasteiger partial charge < -0.3 is 19.6 Å². The van der Waals surface area contributed by atoms with E-state index in [1.165, 1.54) is 4.90 Å². The van der Waals surface area contributed by atoms with Gasteiger partial charge in [0.05, 0.1) is 17.8 Å². The third-order valence-corrected chi connectivity index (χ3v) is 12.7. The van der Waals surface area contributed by atoms with E-state index in [1.54, 1.807) is 12.1 Å². The molecule has 3 N–H and O–H groups in total. The zero-order valence-electron chi connectivity index (χ0n) is 36.0. The van der Waals surface area contributed by atoms with Crippen molar-refractivity contribution < 1.29 is 28.1 Å². The molecule has 9 rings (SSSR count). The number of carbonyl (C=O) groups excluding carboxylic acids is 4. The summed E-state index contributed by atoms with van der Waals surface area (Å²) in [5, 5.41) is 18.0. The van der Waals surface area contributed by atoms with Crippen LogP contribution in [0.5, 0.6) is 0 Å². The van der Waals surface area contributed by atoms with Gasteiger partial charge in [-0.2, -0.15) is 10.1 Å². The predicted octanol–water partition coefficient (Wildman–Crippen LogP) is 6.82. The van der Waals surface area contributed by atoms with Crippen molar-refractivity contribution in [3.8, 4) is 22.4 Å². The molecule has 0 aliphatic carbocycles. The summed E-state index contributed by atoms with van der Waals surface area (Å²) in [5.74, 6) is -1.63. The summed E-state index contributed by atoms with van der Waals surface area (Å²) in [6, 6.07) is 23.9. The second kappa shape index (κ2) is 16.5. The second-order valence-electron chi connectivity index (χ2n) is 18.0. The van der Waals surface area contributed by atoms with Crippen molar-refractivity contribution in [1.29, 1.82) is 0 Å². The number of imide groups is 1. The topological polar surface area (TPSA) is 170 Å². The van der Waals surface area contributed by atoms with Crippen LogP contribution >= 0.6 is 0 Å². The SMILES string of the molecule is Cc1cc(-c2n[nH]c3ccc(-c4ccc(N5CCC(N(C)Cc6ccc7c(c6F)CN(C6CCC(=O)NC6=O)C7=O)CC5)cc4)cc23)ccc1CNC(=O)c1nc(C(C)(C)C)no1. The first kappa shape index (κ1) is 41.6. The number of aromatic amines is 1. The Labute approximate surface area is 364 Å². The summed E-state index contributed by atoms with van der Waals surface area (Å²) in [4.78, 5) is 60.2. The van der Waals surface area contributed by atoms with Gasteiger partial charge in [0.15, 0.2) is 5.82 Å². The van der Waals surface area contributed by atoms with E-state index in [4.69, 9.17) is 4.52 Å². The van der Waals surface area contributed by atoms with Crippen molar-refractivity contribution in [2.75, 3.05) is 25.0 Å². The Kier molecular flexibility index (Phi) is 10.9. The van der Waals surface area contributed by atoms with E-state index in [-0.39, 0.29) is 54.1 Å². The highest BCUT2D eigenvalue weighted by molar-refractivity contribution is 6.05. The van der Waals surface area contributed by atoms with Crippen LogP contribution in [0.3, 0.4) is 0 Å². The quantitative estimate of drug-likeness (QED) is 0.124. The van der Waals surface area contributed by atoms with Gasteiger partial charge in [-0.3, -0.25) is 34.5 Å². The molecule has 4 aromatic carbocycles. The molecule has 3 aliphatic rings. The molecule has 5 heterocycles. The van der Waals surface area contributed by atoms with Crippen molar-refractivity contribution in [3.05, 3.63) is 118 Å². The number of hydrogen-bond donors (Lipinski definition) is 3. The molecular formula is C48H50FN9O5. The summed E-state index contributed by atoms with van der Waals surface area (Å²) < 4.78 is 21.1. The number of piperidine rings is 2. The Bertz CT molecular complexity index is 2760. The summed E-state index contributed by atoms with van der Waals surface area (Å²) in [6.45, 7) is 10.4. The minimum absolute atomic E-state index is 0.0171. The average Bonchev–Trinajstić information content (AvgIpc) is 4.03. The molecule has 63 heavy (non-hydrogen) atoms. The lowest BCUT2D eigenvalue weighted by Gasteiger charge is -2.38. The number of aryl methyl sites for hydroxylation is 1. The Morgan fingerprint density at radius 1 is 0.937 bits per heavy atom. The number of amides is 4. The van der Waals surface area contributed by atoms with Crippen LogP contribution in [0.4, 0.5) is 10.1 Å². The van der Waals surface area contributed by atoms with E-state index >= 15 is 4.39 Å². The van der Waals surface area contributed by atoms with E-state index in [0.717, 1.165) is 76.0 Å². The lowest BCUT2D eigenvalue weighted by atomic mass is 9.96. The third kappa shape index (κ3) is 8.20. The highest BCUT2D eigenvalue weighted by atomic mass is 19.1. The fourth-order valence-corrected chi connectivity index (χ4v) is 8.93. The number of carbonyl (C=O) groups is 4. The lowest BCUT2D eigenvalue weighted by molar-refractivity contribution is -0.136. The van der Waals surface area contributed by atoms with Gasteiger partial charge in [-0.25, -0.2) is 4.39 Å². The van der Waals surface area contributed by atoms with Crippen LogP contribution in [-0.2, 0) is 34.6 Å². The van der Waals surface area contributed by atoms with Crippen LogP contribution in [0.1, 0.15) is 95.6 Å². The first-order valence-electron chi connectivity index (χ1n) is 21.4. The van der Waals surface area contributed by atoms with Crippen LogP contribution in [0.15, 0.2) is 77.3 Å². The van der Waals surface area contributed by atoms with Gasteiger partial charge in [-0.05, 0) is 91.9 Å². The second-order valence-corrected chi connectivity index (χ2v) is 18.0. The predicted molar refractivity (Wildman–Crippen MR) is 235 cm³/mol. The maximum atomic E-state index is 15.9. The minimum atomic E-state index is -0.779.